The van der Waals surface area contributed by atoms with Crippen molar-refractivity contribution >= 4 is 23.2 Å². The molecule has 2 aromatic carbocycles. The third-order valence-electron chi connectivity index (χ3n) is 4.25. The summed E-state index contributed by atoms with van der Waals surface area (Å²) in [5, 5.41) is 13.9. The van der Waals surface area contributed by atoms with Crippen LogP contribution < -0.4 is 10.6 Å². The van der Waals surface area contributed by atoms with Gasteiger partial charge in [0.1, 0.15) is 6.07 Å². The molecular formula is C20H19F3N4O2. The molecule has 0 aromatic heterocycles. The molecule has 0 aliphatic carbocycles. The number of rotatable bonds is 6. The van der Waals surface area contributed by atoms with E-state index < -0.39 is 29.6 Å². The highest BCUT2D eigenvalue weighted by molar-refractivity contribution is 5.97. The smallest absolute Gasteiger partial charge is 0.324 e. The summed E-state index contributed by atoms with van der Waals surface area (Å²) in [5.74, 6) is -1.15. The second-order valence-corrected chi connectivity index (χ2v) is 6.33. The average Bonchev–Trinajstić information content (AvgIpc) is 2.67. The number of anilines is 2. The number of carbonyl (C=O) groups is 2. The van der Waals surface area contributed by atoms with Gasteiger partial charge in [0.2, 0.25) is 11.8 Å². The van der Waals surface area contributed by atoms with E-state index in [2.05, 4.69) is 10.6 Å². The maximum absolute atomic E-state index is 13.0. The Kier molecular flexibility index (Phi) is 6.96. The van der Waals surface area contributed by atoms with Crippen molar-refractivity contribution < 1.29 is 22.8 Å². The summed E-state index contributed by atoms with van der Waals surface area (Å²) in [5.41, 5.74) is -0.672. The Morgan fingerprint density at radius 3 is 2.28 bits per heavy atom. The molecule has 0 saturated heterocycles. The lowest BCUT2D eigenvalue weighted by Gasteiger charge is -2.24. The number of carbonyl (C=O) groups excluding carboxylic acids is 2. The summed E-state index contributed by atoms with van der Waals surface area (Å²) >= 11 is 0. The molecule has 6 nitrogen and oxygen atoms in total. The van der Waals surface area contributed by atoms with Crippen molar-refractivity contribution in [3.05, 3.63) is 59.7 Å². The van der Waals surface area contributed by atoms with Crippen LogP contribution in [0.2, 0.25) is 0 Å². The molecular weight excluding hydrogens is 385 g/mol. The summed E-state index contributed by atoms with van der Waals surface area (Å²) in [6.45, 7) is 1.24. The Labute approximate surface area is 165 Å². The van der Waals surface area contributed by atoms with Crippen molar-refractivity contribution in [2.75, 3.05) is 24.2 Å². The van der Waals surface area contributed by atoms with Crippen molar-refractivity contribution in [1.29, 1.82) is 5.26 Å². The molecule has 0 spiro atoms. The molecule has 29 heavy (non-hydrogen) atoms. The van der Waals surface area contributed by atoms with Gasteiger partial charge in [-0.2, -0.15) is 18.4 Å². The van der Waals surface area contributed by atoms with Gasteiger partial charge in [0.15, 0.2) is 0 Å². The lowest BCUT2D eigenvalue weighted by atomic mass is 10.1. The number of hydrogen-bond donors (Lipinski definition) is 2. The van der Waals surface area contributed by atoms with Crippen LogP contribution in [0, 0.1) is 11.3 Å². The van der Waals surface area contributed by atoms with Crippen molar-refractivity contribution in [1.82, 2.24) is 4.90 Å². The summed E-state index contributed by atoms with van der Waals surface area (Å²) < 4.78 is 39.1. The number of benzene rings is 2. The minimum atomic E-state index is -4.60. The SMILES string of the molecule is C[C@H](C(=O)Nc1ccccc1C#N)N(C)CC(=O)Nc1ccccc1C(F)(F)F. The molecule has 0 saturated carbocycles. The predicted octanol–water partition coefficient (Wildman–Crippen LogP) is 3.47. The van der Waals surface area contributed by atoms with Crippen LogP contribution in [0.4, 0.5) is 24.5 Å². The fourth-order valence-electron chi connectivity index (χ4n) is 2.52. The number of likely N-dealkylation sites (N-methyl/N-ethyl adjacent to an activating group) is 1. The average molecular weight is 404 g/mol. The number of alkyl halides is 3. The van der Waals surface area contributed by atoms with Crippen LogP contribution in [0.15, 0.2) is 48.5 Å². The molecule has 0 heterocycles. The molecule has 0 bridgehead atoms. The minimum absolute atomic E-state index is 0.289. The molecule has 2 aromatic rings. The predicted molar refractivity (Wildman–Crippen MR) is 102 cm³/mol. The number of amides is 2. The van der Waals surface area contributed by atoms with Crippen LogP contribution in [0.3, 0.4) is 0 Å². The van der Waals surface area contributed by atoms with E-state index in [0.29, 0.717) is 5.69 Å². The molecule has 2 rings (SSSR count). The van der Waals surface area contributed by atoms with Crippen LogP contribution in [-0.2, 0) is 15.8 Å². The third kappa shape index (κ3) is 5.80. The van der Waals surface area contributed by atoms with E-state index in [1.54, 1.807) is 31.2 Å². The second kappa shape index (κ2) is 9.21. The molecule has 152 valence electrons. The normalized spacial score (nSPS) is 12.2. The standard InChI is InChI=1S/C20H19F3N4O2/c1-13(19(29)26-16-9-5-3-7-14(16)11-24)27(2)12-18(28)25-17-10-6-4-8-15(17)20(21,22)23/h3-10,13H,12H2,1-2H3,(H,25,28)(H,26,29)/t13-/m1/s1. The lowest BCUT2D eigenvalue weighted by Crippen LogP contribution is -2.43. The molecule has 9 heteroatoms. The van der Waals surface area contributed by atoms with E-state index in [1.807, 2.05) is 6.07 Å². The van der Waals surface area contributed by atoms with E-state index in [9.17, 15) is 22.8 Å². The zero-order valence-corrected chi connectivity index (χ0v) is 15.7. The number of nitriles is 1. The fourth-order valence-corrected chi connectivity index (χ4v) is 2.52. The summed E-state index contributed by atoms with van der Waals surface area (Å²) in [6, 6.07) is 12.3. The molecule has 0 aliphatic rings. The van der Waals surface area contributed by atoms with Crippen LogP contribution in [0.1, 0.15) is 18.1 Å². The Bertz CT molecular complexity index is 938. The largest absolute Gasteiger partial charge is 0.418 e. The Morgan fingerprint density at radius 2 is 1.66 bits per heavy atom. The van der Waals surface area contributed by atoms with Gasteiger partial charge >= 0.3 is 6.18 Å². The minimum Gasteiger partial charge on any atom is -0.324 e. The molecule has 0 aliphatic heterocycles. The molecule has 2 N–H and O–H groups in total. The van der Waals surface area contributed by atoms with E-state index >= 15 is 0 Å². The van der Waals surface area contributed by atoms with Crippen LogP contribution >= 0.6 is 0 Å². The van der Waals surface area contributed by atoms with Crippen molar-refractivity contribution in [2.45, 2.75) is 19.1 Å². The molecule has 0 unspecified atom stereocenters. The zero-order chi connectivity index (χ0) is 21.6. The van der Waals surface area contributed by atoms with Gasteiger partial charge < -0.3 is 10.6 Å². The monoisotopic (exact) mass is 404 g/mol. The van der Waals surface area contributed by atoms with Gasteiger partial charge in [0.25, 0.3) is 0 Å². The van der Waals surface area contributed by atoms with E-state index in [4.69, 9.17) is 5.26 Å². The van der Waals surface area contributed by atoms with Gasteiger partial charge in [-0.1, -0.05) is 24.3 Å². The van der Waals surface area contributed by atoms with Gasteiger partial charge in [-0.3, -0.25) is 14.5 Å². The third-order valence-corrected chi connectivity index (χ3v) is 4.25. The first-order chi connectivity index (χ1) is 13.6. The first kappa shape index (κ1) is 21.9. The summed E-state index contributed by atoms with van der Waals surface area (Å²) in [4.78, 5) is 26.0. The molecule has 1 atom stereocenters. The number of para-hydroxylation sites is 2. The Hall–Kier alpha value is -3.38. The maximum atomic E-state index is 13.0. The van der Waals surface area contributed by atoms with E-state index in [1.165, 1.54) is 24.1 Å². The maximum Gasteiger partial charge on any atom is 0.418 e. The zero-order valence-electron chi connectivity index (χ0n) is 15.7. The highest BCUT2D eigenvalue weighted by Crippen LogP contribution is 2.34. The van der Waals surface area contributed by atoms with Gasteiger partial charge in [-0.25, -0.2) is 0 Å². The Balaban J connectivity index is 2.01. The number of nitrogens with zero attached hydrogens (tertiary/aromatic N) is 2. The van der Waals surface area contributed by atoms with Gasteiger partial charge in [-0.05, 0) is 38.2 Å². The molecule has 0 radical (unpaired) electrons. The first-order valence-corrected chi connectivity index (χ1v) is 8.59. The fraction of sp³-hybridized carbons (Fsp3) is 0.250. The first-order valence-electron chi connectivity index (χ1n) is 8.59. The number of halogens is 3. The molecule has 2 amide bonds. The summed E-state index contributed by atoms with van der Waals surface area (Å²) in [7, 11) is 1.50. The molecule has 0 fully saturated rings. The highest BCUT2D eigenvalue weighted by Gasteiger charge is 2.33. The number of hydrogen-bond acceptors (Lipinski definition) is 4. The topological polar surface area (TPSA) is 85.2 Å². The van der Waals surface area contributed by atoms with Crippen LogP contribution in [0.25, 0.3) is 0 Å². The van der Waals surface area contributed by atoms with Crippen LogP contribution in [0.5, 0.6) is 0 Å². The highest BCUT2D eigenvalue weighted by atomic mass is 19.4. The van der Waals surface area contributed by atoms with Crippen molar-refractivity contribution in [3.63, 3.8) is 0 Å². The van der Waals surface area contributed by atoms with Crippen molar-refractivity contribution in [2.24, 2.45) is 0 Å². The lowest BCUT2D eigenvalue weighted by molar-refractivity contribution is -0.137. The Morgan fingerprint density at radius 1 is 1.07 bits per heavy atom. The van der Waals surface area contributed by atoms with Crippen LogP contribution in [-0.4, -0.2) is 36.3 Å². The van der Waals surface area contributed by atoms with Gasteiger partial charge in [0.05, 0.1) is 35.1 Å². The number of nitrogens with one attached hydrogen (secondary N) is 2. The van der Waals surface area contributed by atoms with Gasteiger partial charge in [-0.15, -0.1) is 0 Å². The van der Waals surface area contributed by atoms with E-state index in [0.717, 1.165) is 12.1 Å². The quantitative estimate of drug-likeness (QED) is 0.772. The van der Waals surface area contributed by atoms with Crippen molar-refractivity contribution in [3.8, 4) is 6.07 Å². The second-order valence-electron chi connectivity index (χ2n) is 6.33. The van der Waals surface area contributed by atoms with Gasteiger partial charge in [0, 0.05) is 0 Å². The van der Waals surface area contributed by atoms with E-state index in [-0.39, 0.29) is 17.8 Å². The summed E-state index contributed by atoms with van der Waals surface area (Å²) in [6.07, 6.45) is -4.60.